The summed E-state index contributed by atoms with van der Waals surface area (Å²) in [6.45, 7) is 0. The first-order chi connectivity index (χ1) is 6.41. The fourth-order valence-corrected chi connectivity index (χ4v) is 1.63. The maximum Gasteiger partial charge on any atom is 0.480 e. The lowest BCUT2D eigenvalue weighted by Crippen LogP contribution is -2.06. The predicted octanol–water partition coefficient (Wildman–Crippen LogP) is 1.79. The monoisotopic (exact) mass is 222 g/mol. The van der Waals surface area contributed by atoms with Crippen molar-refractivity contribution in [1.29, 1.82) is 0 Å². The van der Waals surface area contributed by atoms with Crippen LogP contribution in [0.5, 0.6) is 0 Å². The van der Waals surface area contributed by atoms with Gasteiger partial charge in [-0.25, -0.2) is 0 Å². The number of alkyl halides is 3. The maximum atomic E-state index is 12.3. The molecule has 76 valence electrons. The minimum Gasteiger partial charge on any atom is -0.424 e. The molecule has 0 saturated heterocycles. The molecule has 0 bridgehead atoms. The van der Waals surface area contributed by atoms with Gasteiger partial charge in [0.05, 0.1) is 0 Å². The van der Waals surface area contributed by atoms with E-state index in [9.17, 15) is 13.2 Å². The lowest BCUT2D eigenvalue weighted by molar-refractivity contribution is -0.134. The second-order valence-corrected chi connectivity index (χ2v) is 3.39. The average molecular weight is 222 g/mol. The van der Waals surface area contributed by atoms with E-state index in [0.717, 1.165) is 12.1 Å². The lowest BCUT2D eigenvalue weighted by atomic mass is 9.91. The number of hydrogen-bond acceptors (Lipinski definition) is 3. The number of hydrogen-bond donors (Lipinski definition) is 2. The molecule has 0 amide bonds. The Balaban J connectivity index is 2.94. The van der Waals surface area contributed by atoms with Gasteiger partial charge in [0.15, 0.2) is 0 Å². The van der Waals surface area contributed by atoms with E-state index in [1.165, 1.54) is 11.4 Å². The van der Waals surface area contributed by atoms with Gasteiger partial charge in [0.2, 0.25) is 0 Å². The van der Waals surface area contributed by atoms with Crippen LogP contribution in [0.15, 0.2) is 17.4 Å². The van der Waals surface area contributed by atoms with Gasteiger partial charge in [-0.15, -0.1) is 11.3 Å². The molecule has 0 radical (unpaired) electrons. The molecule has 2 nitrogen and oxygen atoms in total. The summed E-state index contributed by atoms with van der Waals surface area (Å²) < 4.78 is 36.8. The highest BCUT2D eigenvalue weighted by atomic mass is 32.1. The van der Waals surface area contributed by atoms with Gasteiger partial charge in [0, 0.05) is 0 Å². The van der Waals surface area contributed by atoms with Gasteiger partial charge in [-0.1, -0.05) is 12.1 Å². The van der Waals surface area contributed by atoms with Crippen LogP contribution in [0.2, 0.25) is 0 Å². The molecule has 0 aliphatic carbocycles. The minimum atomic E-state index is -4.39. The summed E-state index contributed by atoms with van der Waals surface area (Å²) in [4.78, 5) is -0.741. The molecule has 1 heterocycles. The summed E-state index contributed by atoms with van der Waals surface area (Å²) >= 11 is 0.569. The first-order valence-electron chi connectivity index (χ1n) is 3.60. The van der Waals surface area contributed by atoms with Crippen molar-refractivity contribution in [2.75, 3.05) is 0 Å². The van der Waals surface area contributed by atoms with Gasteiger partial charge in [-0.3, -0.25) is 0 Å². The Hall–Kier alpha value is -0.785. The first kappa shape index (κ1) is 11.3. The van der Waals surface area contributed by atoms with Crippen molar-refractivity contribution in [1.82, 2.24) is 0 Å². The highest BCUT2D eigenvalue weighted by molar-refractivity contribution is 7.10. The zero-order valence-electron chi connectivity index (χ0n) is 6.82. The molecule has 0 aliphatic rings. The van der Waals surface area contributed by atoms with Crippen molar-refractivity contribution in [3.8, 4) is 0 Å². The van der Waals surface area contributed by atoms with Crippen LogP contribution in [0.3, 0.4) is 0 Å². The molecule has 2 N–H and O–H groups in total. The molecule has 1 aromatic rings. The van der Waals surface area contributed by atoms with Gasteiger partial charge in [-0.2, -0.15) is 13.2 Å². The van der Waals surface area contributed by atoms with Crippen LogP contribution in [-0.2, 0) is 6.18 Å². The average Bonchev–Trinajstić information content (AvgIpc) is 2.46. The van der Waals surface area contributed by atoms with Crippen molar-refractivity contribution in [3.63, 3.8) is 0 Å². The molecule has 0 aliphatic heterocycles. The lowest BCUT2D eigenvalue weighted by Gasteiger charge is -2.04. The van der Waals surface area contributed by atoms with Gasteiger partial charge in [0.1, 0.15) is 4.88 Å². The van der Waals surface area contributed by atoms with Crippen LogP contribution in [0.25, 0.3) is 6.08 Å². The van der Waals surface area contributed by atoms with Crippen molar-refractivity contribution in [2.45, 2.75) is 6.18 Å². The van der Waals surface area contributed by atoms with E-state index in [2.05, 4.69) is 0 Å². The molecule has 0 aromatic carbocycles. The molecular formula is C7H6BF3O2S. The summed E-state index contributed by atoms with van der Waals surface area (Å²) in [5.74, 6) is 0.872. The van der Waals surface area contributed by atoms with E-state index >= 15 is 0 Å². The van der Waals surface area contributed by atoms with Crippen LogP contribution in [-0.4, -0.2) is 17.2 Å². The van der Waals surface area contributed by atoms with E-state index < -0.39 is 18.2 Å². The van der Waals surface area contributed by atoms with Gasteiger partial charge in [0.25, 0.3) is 0 Å². The topological polar surface area (TPSA) is 40.5 Å². The Morgan fingerprint density at radius 2 is 2.00 bits per heavy atom. The van der Waals surface area contributed by atoms with Crippen molar-refractivity contribution in [2.24, 2.45) is 0 Å². The molecular weight excluding hydrogens is 216 g/mol. The second-order valence-electron chi connectivity index (χ2n) is 2.48. The first-order valence-corrected chi connectivity index (χ1v) is 4.48. The molecule has 1 rings (SSSR count). The number of rotatable bonds is 2. The predicted molar refractivity (Wildman–Crippen MR) is 48.5 cm³/mol. The third-order valence-corrected chi connectivity index (χ3v) is 2.38. The summed E-state index contributed by atoms with van der Waals surface area (Å²) in [6, 6.07) is 1.27. The zero-order valence-corrected chi connectivity index (χ0v) is 7.64. The third-order valence-electron chi connectivity index (χ3n) is 1.40. The summed E-state index contributed by atoms with van der Waals surface area (Å²) in [5.41, 5.74) is -0.0596. The molecule has 0 atom stereocenters. The fourth-order valence-electron chi connectivity index (χ4n) is 0.871. The standard InChI is InChI=1S/C7H6BF3O2S/c9-7(10,11)6-5(2-4-14-6)1-3-8(12)13/h1-4,12-13H/b3-1+. The molecule has 0 saturated carbocycles. The Labute approximate surface area is 82.5 Å². The molecule has 0 unspecified atom stereocenters. The molecule has 14 heavy (non-hydrogen) atoms. The molecule has 0 spiro atoms. The van der Waals surface area contributed by atoms with Crippen molar-refractivity contribution < 1.29 is 23.2 Å². The van der Waals surface area contributed by atoms with Crippen LogP contribution >= 0.6 is 11.3 Å². The van der Waals surface area contributed by atoms with E-state index in [4.69, 9.17) is 10.0 Å². The van der Waals surface area contributed by atoms with Crippen molar-refractivity contribution >= 4 is 24.5 Å². The molecule has 7 heteroatoms. The summed E-state index contributed by atoms with van der Waals surface area (Å²) in [7, 11) is -1.74. The number of halogens is 3. The molecule has 1 aromatic heterocycles. The summed E-state index contributed by atoms with van der Waals surface area (Å²) in [6.07, 6.45) is -3.36. The van der Waals surface area contributed by atoms with E-state index in [0.29, 0.717) is 11.3 Å². The normalized spacial score (nSPS) is 12.4. The summed E-state index contributed by atoms with van der Waals surface area (Å²) in [5, 5.41) is 18.2. The van der Waals surface area contributed by atoms with Gasteiger partial charge < -0.3 is 10.0 Å². The third kappa shape index (κ3) is 2.86. The Morgan fingerprint density at radius 3 is 2.50 bits per heavy atom. The van der Waals surface area contributed by atoms with Gasteiger partial charge >= 0.3 is 13.3 Å². The highest BCUT2D eigenvalue weighted by Gasteiger charge is 2.34. The Kier molecular flexibility index (Phi) is 3.36. The SMILES string of the molecule is OB(O)/C=C/c1ccsc1C(F)(F)F. The van der Waals surface area contributed by atoms with Crippen LogP contribution in [0, 0.1) is 0 Å². The quantitative estimate of drug-likeness (QED) is 0.749. The van der Waals surface area contributed by atoms with Crippen molar-refractivity contribution in [3.05, 3.63) is 27.9 Å². The number of thiophene rings is 1. The highest BCUT2D eigenvalue weighted by Crippen LogP contribution is 2.36. The smallest absolute Gasteiger partial charge is 0.424 e. The fraction of sp³-hybridized carbons (Fsp3) is 0.143. The van der Waals surface area contributed by atoms with Gasteiger partial charge in [-0.05, 0) is 17.0 Å². The van der Waals surface area contributed by atoms with Crippen LogP contribution in [0.4, 0.5) is 13.2 Å². The zero-order chi connectivity index (χ0) is 10.8. The van der Waals surface area contributed by atoms with E-state index in [-0.39, 0.29) is 5.56 Å². The van der Waals surface area contributed by atoms with Crippen LogP contribution < -0.4 is 0 Å². The Morgan fingerprint density at radius 1 is 1.36 bits per heavy atom. The minimum absolute atomic E-state index is 0.0596. The Bertz CT molecular complexity index is 332. The largest absolute Gasteiger partial charge is 0.480 e. The molecule has 0 fully saturated rings. The van der Waals surface area contributed by atoms with E-state index in [1.807, 2.05) is 0 Å². The van der Waals surface area contributed by atoms with E-state index in [1.54, 1.807) is 0 Å². The van der Waals surface area contributed by atoms with Crippen LogP contribution in [0.1, 0.15) is 10.4 Å². The second kappa shape index (κ2) is 4.16. The maximum absolute atomic E-state index is 12.3.